The highest BCUT2D eigenvalue weighted by Crippen LogP contribution is 2.15. The van der Waals surface area contributed by atoms with Gasteiger partial charge in [0.15, 0.2) is 5.17 Å². The molecule has 1 N–H and O–H groups in total. The summed E-state index contributed by atoms with van der Waals surface area (Å²) < 4.78 is 0. The van der Waals surface area contributed by atoms with Crippen molar-refractivity contribution >= 4 is 22.8 Å². The first kappa shape index (κ1) is 12.8. The molecule has 6 heteroatoms. The lowest BCUT2D eigenvalue weighted by Gasteiger charge is -2.33. The highest BCUT2D eigenvalue weighted by Gasteiger charge is 2.21. The lowest BCUT2D eigenvalue weighted by atomic mass is 10.1. The average molecular weight is 240 g/mol. The molecule has 1 aliphatic rings. The number of piperidine rings is 1. The zero-order valence-corrected chi connectivity index (χ0v) is 10.4. The van der Waals surface area contributed by atoms with Gasteiger partial charge in [-0.2, -0.15) is 5.26 Å². The Hall–Kier alpha value is -1.22. The Morgan fingerprint density at radius 2 is 2.19 bits per heavy atom. The summed E-state index contributed by atoms with van der Waals surface area (Å²) in [6.07, 6.45) is 5.54. The first-order valence-electron chi connectivity index (χ1n) is 5.20. The Balaban J connectivity index is 2.45. The van der Waals surface area contributed by atoms with Gasteiger partial charge < -0.3 is 10.2 Å². The topological polar surface area (TPSA) is 68.5 Å². The fourth-order valence-electron chi connectivity index (χ4n) is 1.79. The van der Waals surface area contributed by atoms with E-state index in [0.717, 1.165) is 31.1 Å². The summed E-state index contributed by atoms with van der Waals surface area (Å²) in [4.78, 5) is 16.8. The SMILES string of the molecule is CSC(=NC#N)N1CCC(NC(C)=O)CC1. The van der Waals surface area contributed by atoms with Crippen molar-refractivity contribution in [3.05, 3.63) is 0 Å². The van der Waals surface area contributed by atoms with E-state index in [9.17, 15) is 4.79 Å². The van der Waals surface area contributed by atoms with Crippen molar-refractivity contribution in [1.29, 1.82) is 5.26 Å². The average Bonchev–Trinajstić information content (AvgIpc) is 2.26. The summed E-state index contributed by atoms with van der Waals surface area (Å²) in [5, 5.41) is 12.2. The molecule has 0 unspecified atom stereocenters. The van der Waals surface area contributed by atoms with Crippen LogP contribution in [0.15, 0.2) is 4.99 Å². The first-order valence-corrected chi connectivity index (χ1v) is 6.42. The number of nitrogens with one attached hydrogen (secondary N) is 1. The van der Waals surface area contributed by atoms with E-state index < -0.39 is 0 Å². The summed E-state index contributed by atoms with van der Waals surface area (Å²) in [7, 11) is 0. The van der Waals surface area contributed by atoms with Gasteiger partial charge >= 0.3 is 0 Å². The molecule has 0 saturated carbocycles. The van der Waals surface area contributed by atoms with E-state index in [1.807, 2.05) is 12.4 Å². The third kappa shape index (κ3) is 3.74. The predicted molar refractivity (Wildman–Crippen MR) is 65.0 cm³/mol. The quantitative estimate of drug-likeness (QED) is 0.418. The standard InChI is InChI=1S/C10H16N4OS/c1-8(15)13-9-3-5-14(6-4-9)10(16-2)12-7-11/h9H,3-6H2,1-2H3,(H,13,15). The Morgan fingerprint density at radius 3 is 2.62 bits per heavy atom. The lowest BCUT2D eigenvalue weighted by Crippen LogP contribution is -2.45. The van der Waals surface area contributed by atoms with E-state index in [0.29, 0.717) is 0 Å². The molecule has 88 valence electrons. The number of nitriles is 1. The van der Waals surface area contributed by atoms with Crippen molar-refractivity contribution in [1.82, 2.24) is 10.2 Å². The molecular weight excluding hydrogens is 224 g/mol. The number of rotatable bonds is 1. The van der Waals surface area contributed by atoms with E-state index in [2.05, 4.69) is 15.2 Å². The Kier molecular flexibility index (Phi) is 5.12. The second-order valence-corrected chi connectivity index (χ2v) is 4.43. The number of likely N-dealkylation sites (tertiary alicyclic amines) is 1. The number of amidine groups is 1. The van der Waals surface area contributed by atoms with Crippen molar-refractivity contribution in [2.75, 3.05) is 19.3 Å². The maximum atomic E-state index is 10.9. The number of hydrogen-bond acceptors (Lipinski definition) is 4. The number of carbonyl (C=O) groups excluding carboxylic acids is 1. The van der Waals surface area contributed by atoms with Crippen molar-refractivity contribution in [3.8, 4) is 6.19 Å². The van der Waals surface area contributed by atoms with Gasteiger partial charge in [0.25, 0.3) is 0 Å². The van der Waals surface area contributed by atoms with Crippen molar-refractivity contribution < 1.29 is 4.79 Å². The molecule has 0 aromatic rings. The van der Waals surface area contributed by atoms with E-state index >= 15 is 0 Å². The maximum absolute atomic E-state index is 10.9. The lowest BCUT2D eigenvalue weighted by molar-refractivity contribution is -0.119. The van der Waals surface area contributed by atoms with Crippen LogP contribution in [0.4, 0.5) is 0 Å². The Bertz CT molecular complexity index is 315. The van der Waals surface area contributed by atoms with Crippen LogP contribution < -0.4 is 5.32 Å². The van der Waals surface area contributed by atoms with Gasteiger partial charge in [-0.3, -0.25) is 4.79 Å². The van der Waals surface area contributed by atoms with Gasteiger partial charge in [0.2, 0.25) is 12.1 Å². The minimum absolute atomic E-state index is 0.0224. The van der Waals surface area contributed by atoms with Crippen LogP contribution in [-0.2, 0) is 4.79 Å². The summed E-state index contributed by atoms with van der Waals surface area (Å²) >= 11 is 1.48. The van der Waals surface area contributed by atoms with E-state index in [4.69, 9.17) is 5.26 Å². The number of hydrogen-bond donors (Lipinski definition) is 1. The van der Waals surface area contributed by atoms with Gasteiger partial charge in [-0.15, -0.1) is 4.99 Å². The van der Waals surface area contributed by atoms with Crippen LogP contribution in [-0.4, -0.2) is 41.4 Å². The number of thioether (sulfide) groups is 1. The summed E-state index contributed by atoms with van der Waals surface area (Å²) in [5.41, 5.74) is 0. The maximum Gasteiger partial charge on any atom is 0.217 e. The second kappa shape index (κ2) is 6.38. The van der Waals surface area contributed by atoms with Gasteiger partial charge in [-0.25, -0.2) is 0 Å². The summed E-state index contributed by atoms with van der Waals surface area (Å²) in [6, 6.07) is 0.263. The molecule has 16 heavy (non-hydrogen) atoms. The molecule has 0 bridgehead atoms. The van der Waals surface area contributed by atoms with Crippen molar-refractivity contribution in [3.63, 3.8) is 0 Å². The fourth-order valence-corrected chi connectivity index (χ4v) is 2.36. The predicted octanol–water partition coefficient (Wildman–Crippen LogP) is 0.787. The molecule has 0 atom stereocenters. The van der Waals surface area contributed by atoms with Gasteiger partial charge in [0, 0.05) is 26.1 Å². The molecule has 1 aliphatic heterocycles. The smallest absolute Gasteiger partial charge is 0.217 e. The monoisotopic (exact) mass is 240 g/mol. The van der Waals surface area contributed by atoms with Gasteiger partial charge in [-0.1, -0.05) is 11.8 Å². The molecule has 1 heterocycles. The van der Waals surface area contributed by atoms with Gasteiger partial charge in [0.1, 0.15) is 0 Å². The zero-order valence-electron chi connectivity index (χ0n) is 9.56. The highest BCUT2D eigenvalue weighted by molar-refractivity contribution is 8.13. The number of aliphatic imine (C=N–C) groups is 1. The molecule has 1 fully saturated rings. The molecule has 0 radical (unpaired) electrons. The Morgan fingerprint density at radius 1 is 1.56 bits per heavy atom. The van der Waals surface area contributed by atoms with Crippen LogP contribution in [0, 0.1) is 11.5 Å². The number of amides is 1. The van der Waals surface area contributed by atoms with Gasteiger partial charge in [0.05, 0.1) is 0 Å². The first-order chi connectivity index (χ1) is 7.67. The molecular formula is C10H16N4OS. The molecule has 0 spiro atoms. The fraction of sp³-hybridized carbons (Fsp3) is 0.700. The van der Waals surface area contributed by atoms with Crippen molar-refractivity contribution in [2.24, 2.45) is 4.99 Å². The second-order valence-electron chi connectivity index (χ2n) is 3.66. The molecule has 1 rings (SSSR count). The van der Waals surface area contributed by atoms with Crippen LogP contribution in [0.25, 0.3) is 0 Å². The molecule has 0 aromatic carbocycles. The molecule has 1 saturated heterocycles. The normalized spacial score (nSPS) is 18.1. The Labute approximate surface area is 99.9 Å². The minimum Gasteiger partial charge on any atom is -0.353 e. The molecule has 5 nitrogen and oxygen atoms in total. The largest absolute Gasteiger partial charge is 0.353 e. The van der Waals surface area contributed by atoms with Crippen LogP contribution >= 0.6 is 11.8 Å². The van der Waals surface area contributed by atoms with Crippen LogP contribution in [0.1, 0.15) is 19.8 Å². The van der Waals surface area contributed by atoms with E-state index in [-0.39, 0.29) is 11.9 Å². The van der Waals surface area contributed by atoms with Crippen LogP contribution in [0.2, 0.25) is 0 Å². The molecule has 1 amide bonds. The number of nitrogens with zero attached hydrogens (tertiary/aromatic N) is 3. The zero-order chi connectivity index (χ0) is 12.0. The third-order valence-corrected chi connectivity index (χ3v) is 3.22. The summed E-state index contributed by atoms with van der Waals surface area (Å²) in [6.45, 7) is 3.22. The van der Waals surface area contributed by atoms with E-state index in [1.54, 1.807) is 0 Å². The molecule has 0 aliphatic carbocycles. The van der Waals surface area contributed by atoms with E-state index in [1.165, 1.54) is 18.7 Å². The highest BCUT2D eigenvalue weighted by atomic mass is 32.2. The van der Waals surface area contributed by atoms with Gasteiger partial charge in [-0.05, 0) is 19.1 Å². The van der Waals surface area contributed by atoms with Crippen molar-refractivity contribution in [2.45, 2.75) is 25.8 Å². The number of carbonyl (C=O) groups is 1. The third-order valence-electron chi connectivity index (χ3n) is 2.50. The minimum atomic E-state index is 0.0224. The molecule has 0 aromatic heterocycles. The summed E-state index contributed by atoms with van der Waals surface area (Å²) in [5.74, 6) is 0.0224. The van der Waals surface area contributed by atoms with Crippen LogP contribution in [0.3, 0.4) is 0 Å². The van der Waals surface area contributed by atoms with Crippen LogP contribution in [0.5, 0.6) is 0 Å².